The molecule has 3 saturated carbocycles. The highest BCUT2D eigenvalue weighted by atomic mass is 16.5. The van der Waals surface area contributed by atoms with E-state index in [4.69, 9.17) is 4.74 Å². The topological polar surface area (TPSA) is 96.1 Å². The van der Waals surface area contributed by atoms with Crippen LogP contribution in [0, 0.1) is 11.3 Å². The molecule has 3 fully saturated rings. The van der Waals surface area contributed by atoms with Gasteiger partial charge in [-0.15, -0.1) is 0 Å². The van der Waals surface area contributed by atoms with Crippen molar-refractivity contribution in [3.8, 4) is 0 Å². The maximum atomic E-state index is 12.4. The molecule has 0 radical (unpaired) electrons. The number of amides is 2. The van der Waals surface area contributed by atoms with Gasteiger partial charge in [-0.2, -0.15) is 5.10 Å². The molecule has 0 saturated heterocycles. The minimum atomic E-state index is -0.248. The number of nitrogens with one attached hydrogen (secondary N) is 3. The van der Waals surface area contributed by atoms with Crippen molar-refractivity contribution < 1.29 is 14.3 Å². The largest absolute Gasteiger partial charge is 0.378 e. The molecule has 1 unspecified atom stereocenters. The molecule has 1 aromatic rings. The van der Waals surface area contributed by atoms with Crippen LogP contribution in [0.25, 0.3) is 0 Å². The summed E-state index contributed by atoms with van der Waals surface area (Å²) in [5, 5.41) is 12.8. The van der Waals surface area contributed by atoms with Crippen LogP contribution >= 0.6 is 0 Å². The van der Waals surface area contributed by atoms with Crippen molar-refractivity contribution in [2.45, 2.75) is 57.1 Å². The highest BCUT2D eigenvalue weighted by molar-refractivity contribution is 5.83. The van der Waals surface area contributed by atoms with Crippen LogP contribution in [0.5, 0.6) is 0 Å². The van der Waals surface area contributed by atoms with Gasteiger partial charge in [0.15, 0.2) is 0 Å². The highest BCUT2D eigenvalue weighted by Crippen LogP contribution is 2.66. The van der Waals surface area contributed by atoms with E-state index in [2.05, 4.69) is 20.8 Å². The Labute approximate surface area is 147 Å². The lowest BCUT2D eigenvalue weighted by atomic mass is 9.76. The Hall–Kier alpha value is -1.89. The van der Waals surface area contributed by atoms with Crippen molar-refractivity contribution >= 4 is 11.8 Å². The summed E-state index contributed by atoms with van der Waals surface area (Å²) in [6.07, 6.45) is 7.14. The average Bonchev–Trinajstić information content (AvgIpc) is 3.42. The van der Waals surface area contributed by atoms with E-state index in [1.54, 1.807) is 12.3 Å². The molecule has 0 bridgehead atoms. The number of H-pyrrole nitrogens is 1. The maximum Gasteiger partial charge on any atom is 0.226 e. The molecule has 136 valence electrons. The third kappa shape index (κ3) is 3.42. The standard InChI is InChI=1S/C18H26N4O3/c1-2-25-13-8-17(9-13)10-14(17)16(24)19-11-18(4-5-18)21-15(23)7-12-3-6-20-22-12/h3,6,13-14H,2,4-5,7-11H2,1H3,(H,19,24)(H,20,22)(H,21,23). The van der Waals surface area contributed by atoms with Gasteiger partial charge < -0.3 is 15.4 Å². The number of carbonyl (C=O) groups is 2. The molecule has 7 nitrogen and oxygen atoms in total. The summed E-state index contributed by atoms with van der Waals surface area (Å²) in [7, 11) is 0. The second-order valence-corrected chi connectivity index (χ2v) is 7.91. The first-order valence-corrected chi connectivity index (χ1v) is 9.23. The van der Waals surface area contributed by atoms with Gasteiger partial charge in [0.05, 0.1) is 18.1 Å². The fourth-order valence-electron chi connectivity index (χ4n) is 4.14. The lowest BCUT2D eigenvalue weighted by Gasteiger charge is -2.36. The first-order valence-electron chi connectivity index (χ1n) is 9.23. The van der Waals surface area contributed by atoms with Crippen LogP contribution in [-0.4, -0.2) is 46.8 Å². The Morgan fingerprint density at radius 1 is 1.36 bits per heavy atom. The number of carbonyl (C=O) groups excluding carboxylic acids is 2. The zero-order chi connectivity index (χ0) is 17.5. The number of hydrogen-bond donors (Lipinski definition) is 3. The number of nitrogens with zero attached hydrogens (tertiary/aromatic N) is 1. The summed E-state index contributed by atoms with van der Waals surface area (Å²) < 4.78 is 5.61. The van der Waals surface area contributed by atoms with Gasteiger partial charge in [-0.1, -0.05) is 0 Å². The van der Waals surface area contributed by atoms with E-state index in [9.17, 15) is 9.59 Å². The predicted molar refractivity (Wildman–Crippen MR) is 90.6 cm³/mol. The smallest absolute Gasteiger partial charge is 0.226 e. The molecule has 1 spiro atoms. The maximum absolute atomic E-state index is 12.4. The fraction of sp³-hybridized carbons (Fsp3) is 0.722. The molecular weight excluding hydrogens is 320 g/mol. The summed E-state index contributed by atoms with van der Waals surface area (Å²) in [4.78, 5) is 24.5. The molecule has 3 N–H and O–H groups in total. The van der Waals surface area contributed by atoms with E-state index in [-0.39, 0.29) is 28.7 Å². The zero-order valence-electron chi connectivity index (χ0n) is 14.6. The number of aromatic amines is 1. The second-order valence-electron chi connectivity index (χ2n) is 7.91. The van der Waals surface area contributed by atoms with Gasteiger partial charge in [0, 0.05) is 31.0 Å². The SMILES string of the molecule is CCOC1CC2(C1)CC2C(=O)NCC1(NC(=O)Cc2ccn[nH]2)CC1. The quantitative estimate of drug-likeness (QED) is 0.652. The number of hydrogen-bond acceptors (Lipinski definition) is 4. The summed E-state index contributed by atoms with van der Waals surface area (Å²) in [5.41, 5.74) is 0.762. The van der Waals surface area contributed by atoms with Gasteiger partial charge in [-0.3, -0.25) is 14.7 Å². The molecule has 3 aliphatic carbocycles. The van der Waals surface area contributed by atoms with Crippen molar-refractivity contribution in [1.82, 2.24) is 20.8 Å². The monoisotopic (exact) mass is 346 g/mol. The first-order chi connectivity index (χ1) is 12.0. The van der Waals surface area contributed by atoms with Crippen LogP contribution < -0.4 is 10.6 Å². The Morgan fingerprint density at radius 2 is 2.16 bits per heavy atom. The van der Waals surface area contributed by atoms with E-state index in [0.29, 0.717) is 19.1 Å². The van der Waals surface area contributed by atoms with Crippen molar-refractivity contribution in [3.05, 3.63) is 18.0 Å². The third-order valence-corrected chi connectivity index (χ3v) is 5.95. The van der Waals surface area contributed by atoms with Crippen LogP contribution in [-0.2, 0) is 20.7 Å². The predicted octanol–water partition coefficient (Wildman–Crippen LogP) is 0.922. The van der Waals surface area contributed by atoms with Crippen molar-refractivity contribution in [2.75, 3.05) is 13.2 Å². The minimum Gasteiger partial charge on any atom is -0.378 e. The molecule has 1 atom stereocenters. The Kier molecular flexibility index (Phi) is 4.06. The second kappa shape index (κ2) is 6.12. The summed E-state index contributed by atoms with van der Waals surface area (Å²) in [6, 6.07) is 1.79. The van der Waals surface area contributed by atoms with Gasteiger partial charge in [0.2, 0.25) is 11.8 Å². The van der Waals surface area contributed by atoms with Gasteiger partial charge in [0.1, 0.15) is 0 Å². The van der Waals surface area contributed by atoms with Crippen LogP contribution in [0.15, 0.2) is 12.3 Å². The van der Waals surface area contributed by atoms with E-state index in [1.807, 2.05) is 6.92 Å². The summed E-state index contributed by atoms with van der Waals surface area (Å²) >= 11 is 0. The van der Waals surface area contributed by atoms with Crippen LogP contribution in [0.1, 0.15) is 44.7 Å². The summed E-state index contributed by atoms with van der Waals surface area (Å²) in [5.74, 6) is 0.252. The van der Waals surface area contributed by atoms with Crippen molar-refractivity contribution in [1.29, 1.82) is 0 Å². The molecule has 25 heavy (non-hydrogen) atoms. The Bertz CT molecular complexity index is 647. The van der Waals surface area contributed by atoms with E-state index >= 15 is 0 Å². The zero-order valence-corrected chi connectivity index (χ0v) is 14.6. The van der Waals surface area contributed by atoms with Crippen LogP contribution in [0.3, 0.4) is 0 Å². The van der Waals surface area contributed by atoms with Gasteiger partial charge in [0.25, 0.3) is 0 Å². The number of ether oxygens (including phenoxy) is 1. The Balaban J connectivity index is 1.20. The normalized spacial score (nSPS) is 31.2. The van der Waals surface area contributed by atoms with Crippen molar-refractivity contribution in [2.24, 2.45) is 11.3 Å². The number of aromatic nitrogens is 2. The van der Waals surface area contributed by atoms with E-state index in [0.717, 1.165) is 44.4 Å². The lowest BCUT2D eigenvalue weighted by molar-refractivity contribution is -0.126. The molecular formula is C18H26N4O3. The van der Waals surface area contributed by atoms with Gasteiger partial charge in [-0.25, -0.2) is 0 Å². The van der Waals surface area contributed by atoms with Gasteiger partial charge in [-0.05, 0) is 50.5 Å². The highest BCUT2D eigenvalue weighted by Gasteiger charge is 2.64. The molecule has 3 aliphatic rings. The molecule has 1 heterocycles. The number of rotatable bonds is 8. The minimum absolute atomic E-state index is 0.0301. The molecule has 0 aromatic carbocycles. The van der Waals surface area contributed by atoms with Crippen LogP contribution in [0.2, 0.25) is 0 Å². The van der Waals surface area contributed by atoms with E-state index < -0.39 is 0 Å². The molecule has 4 rings (SSSR count). The lowest BCUT2D eigenvalue weighted by Crippen LogP contribution is -2.47. The molecule has 0 aliphatic heterocycles. The fourth-order valence-corrected chi connectivity index (χ4v) is 4.14. The molecule has 2 amide bonds. The Morgan fingerprint density at radius 3 is 2.80 bits per heavy atom. The van der Waals surface area contributed by atoms with Gasteiger partial charge >= 0.3 is 0 Å². The molecule has 7 heteroatoms. The first kappa shape index (κ1) is 16.6. The van der Waals surface area contributed by atoms with Crippen molar-refractivity contribution in [3.63, 3.8) is 0 Å². The average molecular weight is 346 g/mol. The third-order valence-electron chi connectivity index (χ3n) is 5.95. The molecule has 1 aromatic heterocycles. The van der Waals surface area contributed by atoms with Crippen LogP contribution in [0.4, 0.5) is 0 Å². The van der Waals surface area contributed by atoms with E-state index in [1.165, 1.54) is 0 Å². The summed E-state index contributed by atoms with van der Waals surface area (Å²) in [6.45, 7) is 3.29.